The van der Waals surface area contributed by atoms with Crippen molar-refractivity contribution in [3.8, 4) is 0 Å². The molecule has 0 aliphatic carbocycles. The highest BCUT2D eigenvalue weighted by atomic mass is 35.5. The summed E-state index contributed by atoms with van der Waals surface area (Å²) in [6.45, 7) is 0. The van der Waals surface area contributed by atoms with Crippen LogP contribution in [0.5, 0.6) is 0 Å². The number of nitrogens with zero attached hydrogens (tertiary/aromatic N) is 1. The van der Waals surface area contributed by atoms with Crippen molar-refractivity contribution in [2.75, 3.05) is 23.7 Å². The molecule has 0 saturated carbocycles. The second-order valence-electron chi connectivity index (χ2n) is 4.55. The van der Waals surface area contributed by atoms with Crippen molar-refractivity contribution in [2.45, 2.75) is 4.90 Å². The van der Waals surface area contributed by atoms with Gasteiger partial charge in [0.15, 0.2) is 0 Å². The Morgan fingerprint density at radius 3 is 2.43 bits per heavy atom. The van der Waals surface area contributed by atoms with Gasteiger partial charge >= 0.3 is 0 Å². The van der Waals surface area contributed by atoms with Gasteiger partial charge in [-0.15, -0.1) is 0 Å². The molecule has 0 amide bonds. The van der Waals surface area contributed by atoms with E-state index in [0.717, 1.165) is 18.0 Å². The van der Waals surface area contributed by atoms with Gasteiger partial charge in [0.25, 0.3) is 10.0 Å². The molecule has 112 valence electrons. The van der Waals surface area contributed by atoms with E-state index in [-0.39, 0.29) is 10.5 Å². The van der Waals surface area contributed by atoms with E-state index in [9.17, 15) is 13.2 Å². The summed E-state index contributed by atoms with van der Waals surface area (Å²) in [5.74, 6) is 0. The maximum atomic E-state index is 12.2. The normalized spacial score (nSPS) is 11.2. The molecule has 2 aromatic rings. The topological polar surface area (TPSA) is 82.3 Å². The number of pyridine rings is 1. The van der Waals surface area contributed by atoms with Crippen molar-refractivity contribution in [3.05, 3.63) is 51.9 Å². The van der Waals surface area contributed by atoms with E-state index in [4.69, 9.17) is 11.6 Å². The van der Waals surface area contributed by atoms with Crippen LogP contribution >= 0.6 is 11.6 Å². The standard InChI is InChI=1S/C13H14ClN3O3S/c1-17(2)12-5-3-9(7-11(12)14)16-21(19,20)10-4-6-13(18)15-8-10/h3-8,16H,1-2H3,(H,15,18). The molecule has 1 aromatic heterocycles. The molecule has 8 heteroatoms. The number of benzene rings is 1. The predicted molar refractivity (Wildman–Crippen MR) is 83.7 cm³/mol. The number of nitrogens with one attached hydrogen (secondary N) is 2. The van der Waals surface area contributed by atoms with Crippen LogP contribution in [0.4, 0.5) is 11.4 Å². The van der Waals surface area contributed by atoms with E-state index in [1.165, 1.54) is 12.1 Å². The number of aromatic nitrogens is 1. The summed E-state index contributed by atoms with van der Waals surface area (Å²) in [4.78, 5) is 15.1. The largest absolute Gasteiger partial charge is 0.376 e. The van der Waals surface area contributed by atoms with Crippen molar-refractivity contribution in [3.63, 3.8) is 0 Å². The van der Waals surface area contributed by atoms with Gasteiger partial charge in [-0.2, -0.15) is 0 Å². The number of sulfonamides is 1. The smallest absolute Gasteiger partial charge is 0.263 e. The van der Waals surface area contributed by atoms with Gasteiger partial charge < -0.3 is 9.88 Å². The molecule has 0 saturated heterocycles. The van der Waals surface area contributed by atoms with E-state index >= 15 is 0 Å². The van der Waals surface area contributed by atoms with Crippen LogP contribution in [-0.2, 0) is 10.0 Å². The van der Waals surface area contributed by atoms with Crippen molar-refractivity contribution in [2.24, 2.45) is 0 Å². The van der Waals surface area contributed by atoms with Gasteiger partial charge in [-0.1, -0.05) is 11.6 Å². The highest BCUT2D eigenvalue weighted by molar-refractivity contribution is 7.92. The van der Waals surface area contributed by atoms with Crippen LogP contribution in [0.25, 0.3) is 0 Å². The summed E-state index contributed by atoms with van der Waals surface area (Å²) in [7, 11) is -0.0950. The summed E-state index contributed by atoms with van der Waals surface area (Å²) in [5.41, 5.74) is 0.757. The fourth-order valence-corrected chi connectivity index (χ4v) is 3.08. The summed E-state index contributed by atoms with van der Waals surface area (Å²) >= 11 is 6.10. The first-order valence-corrected chi connectivity index (χ1v) is 7.84. The number of hydrogen-bond acceptors (Lipinski definition) is 4. The Kier molecular flexibility index (Phi) is 4.24. The zero-order chi connectivity index (χ0) is 15.6. The van der Waals surface area contributed by atoms with E-state index in [0.29, 0.717) is 10.7 Å². The first-order valence-electron chi connectivity index (χ1n) is 5.98. The van der Waals surface area contributed by atoms with Crippen LogP contribution in [0.15, 0.2) is 46.2 Å². The lowest BCUT2D eigenvalue weighted by atomic mass is 10.3. The third-order valence-corrected chi connectivity index (χ3v) is 4.43. The maximum absolute atomic E-state index is 12.2. The Hall–Kier alpha value is -1.99. The van der Waals surface area contributed by atoms with Gasteiger partial charge in [0, 0.05) is 26.4 Å². The second-order valence-corrected chi connectivity index (χ2v) is 6.64. The van der Waals surface area contributed by atoms with E-state index in [2.05, 4.69) is 9.71 Å². The Labute approximate surface area is 127 Å². The minimum absolute atomic E-state index is 0.0325. The third-order valence-electron chi connectivity index (χ3n) is 2.75. The summed E-state index contributed by atoms with van der Waals surface area (Å²) < 4.78 is 26.7. The SMILES string of the molecule is CN(C)c1ccc(NS(=O)(=O)c2ccc(=O)[nH]c2)cc1Cl. The number of rotatable bonds is 4. The molecule has 6 nitrogen and oxygen atoms in total. The first kappa shape index (κ1) is 15.4. The molecular formula is C13H14ClN3O3S. The molecule has 2 rings (SSSR count). The predicted octanol–water partition coefficient (Wildman–Crippen LogP) is 1.90. The molecule has 0 aliphatic rings. The number of halogens is 1. The Morgan fingerprint density at radius 1 is 1.19 bits per heavy atom. The lowest BCUT2D eigenvalue weighted by Gasteiger charge is -2.15. The molecule has 0 radical (unpaired) electrons. The minimum atomic E-state index is -3.77. The van der Waals surface area contributed by atoms with Crippen molar-refractivity contribution in [1.82, 2.24) is 4.98 Å². The van der Waals surface area contributed by atoms with Crippen molar-refractivity contribution >= 4 is 33.0 Å². The van der Waals surface area contributed by atoms with E-state index in [1.54, 1.807) is 12.1 Å². The highest BCUT2D eigenvalue weighted by Crippen LogP contribution is 2.28. The van der Waals surface area contributed by atoms with Crippen LogP contribution in [-0.4, -0.2) is 27.5 Å². The van der Waals surface area contributed by atoms with Gasteiger partial charge in [0.05, 0.1) is 16.4 Å². The molecular weight excluding hydrogens is 314 g/mol. The Bertz CT molecular complexity index is 795. The van der Waals surface area contributed by atoms with Gasteiger partial charge in [0.1, 0.15) is 4.90 Å². The highest BCUT2D eigenvalue weighted by Gasteiger charge is 2.15. The number of hydrogen-bond donors (Lipinski definition) is 2. The molecule has 0 bridgehead atoms. The molecule has 2 N–H and O–H groups in total. The molecule has 1 heterocycles. The summed E-state index contributed by atoms with van der Waals surface area (Å²) in [5, 5.41) is 0.432. The molecule has 0 spiro atoms. The van der Waals surface area contributed by atoms with Crippen LogP contribution in [0.1, 0.15) is 0 Å². The zero-order valence-corrected chi connectivity index (χ0v) is 13.0. The summed E-state index contributed by atoms with van der Waals surface area (Å²) in [6.07, 6.45) is 1.14. The van der Waals surface area contributed by atoms with Crippen molar-refractivity contribution < 1.29 is 8.42 Å². The molecule has 0 atom stereocenters. The number of anilines is 2. The Balaban J connectivity index is 2.31. The fourth-order valence-electron chi connectivity index (χ4n) is 1.71. The molecule has 0 unspecified atom stereocenters. The third kappa shape index (κ3) is 3.56. The van der Waals surface area contributed by atoms with Gasteiger partial charge in [0.2, 0.25) is 5.56 Å². The van der Waals surface area contributed by atoms with E-state index < -0.39 is 10.0 Å². The van der Waals surface area contributed by atoms with Gasteiger partial charge in [-0.3, -0.25) is 9.52 Å². The van der Waals surface area contributed by atoms with Gasteiger partial charge in [-0.05, 0) is 24.3 Å². The molecule has 1 aromatic carbocycles. The molecule has 0 aliphatic heterocycles. The monoisotopic (exact) mass is 327 g/mol. The average molecular weight is 328 g/mol. The van der Waals surface area contributed by atoms with Crippen LogP contribution in [0.3, 0.4) is 0 Å². The second kappa shape index (κ2) is 5.79. The first-order chi connectivity index (χ1) is 9.79. The lowest BCUT2D eigenvalue weighted by Crippen LogP contribution is -2.15. The number of H-pyrrole nitrogens is 1. The summed E-state index contributed by atoms with van der Waals surface area (Å²) in [6, 6.07) is 7.24. The maximum Gasteiger partial charge on any atom is 0.263 e. The quantitative estimate of drug-likeness (QED) is 0.898. The van der Waals surface area contributed by atoms with Crippen LogP contribution < -0.4 is 15.2 Å². The Morgan fingerprint density at radius 2 is 1.90 bits per heavy atom. The molecule has 0 fully saturated rings. The fraction of sp³-hybridized carbons (Fsp3) is 0.154. The minimum Gasteiger partial charge on any atom is -0.376 e. The lowest BCUT2D eigenvalue weighted by molar-refractivity contribution is 0.600. The van der Waals surface area contributed by atoms with Gasteiger partial charge in [-0.25, -0.2) is 8.42 Å². The van der Waals surface area contributed by atoms with Crippen LogP contribution in [0.2, 0.25) is 5.02 Å². The zero-order valence-electron chi connectivity index (χ0n) is 11.4. The average Bonchev–Trinajstić information content (AvgIpc) is 2.38. The van der Waals surface area contributed by atoms with Crippen molar-refractivity contribution in [1.29, 1.82) is 0 Å². The van der Waals surface area contributed by atoms with E-state index in [1.807, 2.05) is 19.0 Å². The van der Waals surface area contributed by atoms with Crippen LogP contribution in [0, 0.1) is 0 Å². The molecule has 21 heavy (non-hydrogen) atoms. The number of aromatic amines is 1.